The average Bonchev–Trinajstić information content (AvgIpc) is 3.00. The molecule has 0 saturated heterocycles. The minimum Gasteiger partial charge on any atom is -0.424 e. The number of halogens is 1. The van der Waals surface area contributed by atoms with Crippen LogP contribution in [0.25, 0.3) is 0 Å². The molecule has 2 heterocycles. The minimum absolute atomic E-state index is 0.233. The summed E-state index contributed by atoms with van der Waals surface area (Å²) in [4.78, 5) is 20.6. The van der Waals surface area contributed by atoms with Crippen LogP contribution >= 0.6 is 15.9 Å². The number of anilines is 1. The molecule has 3 aromatic rings. The lowest BCUT2D eigenvalue weighted by Gasteiger charge is -2.10. The van der Waals surface area contributed by atoms with Gasteiger partial charge >= 0.3 is 6.01 Å². The van der Waals surface area contributed by atoms with Gasteiger partial charge in [0, 0.05) is 18.1 Å². The van der Waals surface area contributed by atoms with Crippen molar-refractivity contribution < 1.29 is 9.53 Å². The van der Waals surface area contributed by atoms with E-state index in [0.717, 1.165) is 11.3 Å². The highest BCUT2D eigenvalue weighted by Crippen LogP contribution is 2.28. The third kappa shape index (κ3) is 3.91. The van der Waals surface area contributed by atoms with Crippen LogP contribution in [0.15, 0.2) is 41.1 Å². The van der Waals surface area contributed by atoms with Gasteiger partial charge in [-0.05, 0) is 58.6 Å². The van der Waals surface area contributed by atoms with E-state index in [2.05, 4.69) is 41.4 Å². The fourth-order valence-corrected chi connectivity index (χ4v) is 3.15. The number of rotatable bonds is 5. The normalized spacial score (nSPS) is 10.8. The summed E-state index contributed by atoms with van der Waals surface area (Å²) < 4.78 is 6.28. The number of nitrogens with one attached hydrogen (secondary N) is 2. The van der Waals surface area contributed by atoms with Crippen LogP contribution in [0.2, 0.25) is 0 Å². The smallest absolute Gasteiger partial charge is 0.321 e. The van der Waals surface area contributed by atoms with Crippen molar-refractivity contribution in [2.75, 3.05) is 5.32 Å². The van der Waals surface area contributed by atoms with Gasteiger partial charge in [-0.3, -0.25) is 9.89 Å². The molecule has 7 nitrogen and oxygen atoms in total. The van der Waals surface area contributed by atoms with E-state index in [9.17, 15) is 4.79 Å². The molecule has 26 heavy (non-hydrogen) atoms. The van der Waals surface area contributed by atoms with Gasteiger partial charge in [0.15, 0.2) is 5.69 Å². The molecule has 1 aromatic carbocycles. The summed E-state index contributed by atoms with van der Waals surface area (Å²) in [5.74, 6) is 0.537. The highest BCUT2D eigenvalue weighted by Gasteiger charge is 2.20. The predicted molar refractivity (Wildman–Crippen MR) is 102 cm³/mol. The molecule has 2 N–H and O–H groups in total. The van der Waals surface area contributed by atoms with Crippen molar-refractivity contribution in [1.82, 2.24) is 20.2 Å². The Bertz CT molecular complexity index is 925. The van der Waals surface area contributed by atoms with E-state index < -0.39 is 0 Å². The van der Waals surface area contributed by atoms with Gasteiger partial charge in [0.1, 0.15) is 5.75 Å². The first-order chi connectivity index (χ1) is 12.5. The van der Waals surface area contributed by atoms with Crippen molar-refractivity contribution in [3.63, 3.8) is 0 Å². The van der Waals surface area contributed by atoms with Crippen molar-refractivity contribution in [2.24, 2.45) is 0 Å². The standard InChI is InChI=1S/C18H18BrN5O2/c1-10(2)15-14(19)16(24-23-15)17(25)22-13-6-5-12(9-11(13)3)26-18-20-7-4-8-21-18/h4-10H,1-3H3,(H,22,25)(H,23,24). The quantitative estimate of drug-likeness (QED) is 0.642. The number of carbonyl (C=O) groups is 1. The van der Waals surface area contributed by atoms with Crippen LogP contribution < -0.4 is 10.1 Å². The molecule has 0 atom stereocenters. The van der Waals surface area contributed by atoms with Gasteiger partial charge < -0.3 is 10.1 Å². The zero-order valence-corrected chi connectivity index (χ0v) is 16.2. The van der Waals surface area contributed by atoms with Gasteiger partial charge in [-0.15, -0.1) is 0 Å². The third-order valence-corrected chi connectivity index (χ3v) is 4.52. The molecular weight excluding hydrogens is 398 g/mol. The number of nitrogens with zero attached hydrogens (tertiary/aromatic N) is 3. The van der Waals surface area contributed by atoms with Crippen LogP contribution in [0.5, 0.6) is 11.8 Å². The number of hydrogen-bond acceptors (Lipinski definition) is 5. The average molecular weight is 416 g/mol. The molecule has 0 aliphatic rings. The van der Waals surface area contributed by atoms with Crippen LogP contribution in [0, 0.1) is 6.92 Å². The first-order valence-corrected chi connectivity index (χ1v) is 8.85. The molecule has 2 aromatic heterocycles. The fourth-order valence-electron chi connectivity index (χ4n) is 2.34. The number of aryl methyl sites for hydroxylation is 1. The van der Waals surface area contributed by atoms with Crippen molar-refractivity contribution in [2.45, 2.75) is 26.7 Å². The lowest BCUT2D eigenvalue weighted by Crippen LogP contribution is -2.14. The molecule has 8 heteroatoms. The first-order valence-electron chi connectivity index (χ1n) is 8.06. The Balaban J connectivity index is 1.75. The van der Waals surface area contributed by atoms with Crippen LogP contribution in [0.1, 0.15) is 41.5 Å². The SMILES string of the molecule is Cc1cc(Oc2ncccn2)ccc1NC(=O)c1n[nH]c(C(C)C)c1Br. The molecule has 1 amide bonds. The zero-order valence-electron chi connectivity index (χ0n) is 14.6. The van der Waals surface area contributed by atoms with Gasteiger partial charge in [0.25, 0.3) is 5.91 Å². The Morgan fingerprint density at radius 2 is 2.00 bits per heavy atom. The van der Waals surface area contributed by atoms with Gasteiger partial charge in [-0.1, -0.05) is 13.8 Å². The highest BCUT2D eigenvalue weighted by atomic mass is 79.9. The van der Waals surface area contributed by atoms with Crippen LogP contribution in [-0.2, 0) is 0 Å². The number of hydrogen-bond donors (Lipinski definition) is 2. The largest absolute Gasteiger partial charge is 0.424 e. The molecule has 3 rings (SSSR count). The Labute approximate surface area is 159 Å². The monoisotopic (exact) mass is 415 g/mol. The minimum atomic E-state index is -0.289. The van der Waals surface area contributed by atoms with Crippen LogP contribution in [0.3, 0.4) is 0 Å². The van der Waals surface area contributed by atoms with Crippen LogP contribution in [-0.4, -0.2) is 26.1 Å². The Morgan fingerprint density at radius 3 is 2.62 bits per heavy atom. The van der Waals surface area contributed by atoms with Crippen molar-refractivity contribution in [1.29, 1.82) is 0 Å². The molecule has 0 unspecified atom stereocenters. The van der Waals surface area contributed by atoms with E-state index in [1.54, 1.807) is 30.6 Å². The second kappa shape index (κ2) is 7.65. The van der Waals surface area contributed by atoms with Gasteiger partial charge in [-0.2, -0.15) is 5.10 Å². The van der Waals surface area contributed by atoms with E-state index in [4.69, 9.17) is 4.74 Å². The number of H-pyrrole nitrogens is 1. The number of ether oxygens (including phenoxy) is 1. The Morgan fingerprint density at radius 1 is 1.27 bits per heavy atom. The molecule has 0 aliphatic carbocycles. The Kier molecular flexibility index (Phi) is 5.32. The molecule has 0 radical (unpaired) electrons. The highest BCUT2D eigenvalue weighted by molar-refractivity contribution is 9.10. The summed E-state index contributed by atoms with van der Waals surface area (Å²) in [6, 6.07) is 7.32. The maximum Gasteiger partial charge on any atom is 0.321 e. The van der Waals surface area contributed by atoms with Gasteiger partial charge in [0.2, 0.25) is 0 Å². The Hall–Kier alpha value is -2.74. The number of carbonyl (C=O) groups excluding carboxylic acids is 1. The molecule has 0 aliphatic heterocycles. The second-order valence-electron chi connectivity index (χ2n) is 6.02. The lowest BCUT2D eigenvalue weighted by atomic mass is 10.1. The van der Waals surface area contributed by atoms with Crippen molar-refractivity contribution in [3.05, 3.63) is 58.1 Å². The third-order valence-electron chi connectivity index (χ3n) is 3.72. The molecule has 0 bridgehead atoms. The zero-order chi connectivity index (χ0) is 18.7. The number of amides is 1. The summed E-state index contributed by atoms with van der Waals surface area (Å²) in [6.07, 6.45) is 3.22. The molecule has 0 saturated carbocycles. The van der Waals surface area contributed by atoms with E-state index in [1.165, 1.54) is 0 Å². The topological polar surface area (TPSA) is 92.8 Å². The summed E-state index contributed by atoms with van der Waals surface area (Å²) in [7, 11) is 0. The maximum atomic E-state index is 12.5. The predicted octanol–water partition coefficient (Wildman–Crippen LogP) is 4.44. The number of aromatic nitrogens is 4. The van der Waals surface area contributed by atoms with Gasteiger partial charge in [0.05, 0.1) is 10.2 Å². The molecule has 134 valence electrons. The van der Waals surface area contributed by atoms with E-state index >= 15 is 0 Å². The summed E-state index contributed by atoms with van der Waals surface area (Å²) >= 11 is 3.44. The lowest BCUT2D eigenvalue weighted by molar-refractivity contribution is 0.102. The summed E-state index contributed by atoms with van der Waals surface area (Å²) in [5, 5.41) is 9.88. The first kappa shape index (κ1) is 18.1. The van der Waals surface area contributed by atoms with E-state index in [1.807, 2.05) is 26.8 Å². The summed E-state index contributed by atoms with van der Waals surface area (Å²) in [5.41, 5.74) is 2.74. The fraction of sp³-hybridized carbons (Fsp3) is 0.222. The van der Waals surface area contributed by atoms with E-state index in [-0.39, 0.29) is 17.8 Å². The molecule has 0 fully saturated rings. The summed E-state index contributed by atoms with van der Waals surface area (Å²) in [6.45, 7) is 5.94. The van der Waals surface area contributed by atoms with Crippen LogP contribution in [0.4, 0.5) is 5.69 Å². The maximum absolute atomic E-state index is 12.5. The molecular formula is C18H18BrN5O2. The molecule has 0 spiro atoms. The van der Waals surface area contributed by atoms with Crippen molar-refractivity contribution in [3.8, 4) is 11.8 Å². The number of aromatic amines is 1. The second-order valence-corrected chi connectivity index (χ2v) is 6.81. The number of benzene rings is 1. The van der Waals surface area contributed by atoms with E-state index in [0.29, 0.717) is 21.6 Å². The van der Waals surface area contributed by atoms with Gasteiger partial charge in [-0.25, -0.2) is 9.97 Å². The van der Waals surface area contributed by atoms with Crippen molar-refractivity contribution >= 4 is 27.5 Å².